The Labute approximate surface area is 117 Å². The second-order valence-corrected chi connectivity index (χ2v) is 4.14. The molecule has 0 heterocycles. The number of anilines is 2. The third-order valence-corrected chi connectivity index (χ3v) is 2.82. The van der Waals surface area contributed by atoms with Crippen molar-refractivity contribution in [3.63, 3.8) is 0 Å². The minimum Gasteiger partial charge on any atom is -0.497 e. The summed E-state index contributed by atoms with van der Waals surface area (Å²) in [6.45, 7) is 0. The van der Waals surface area contributed by atoms with E-state index in [1.165, 1.54) is 14.2 Å². The van der Waals surface area contributed by atoms with E-state index in [2.05, 4.69) is 5.32 Å². The van der Waals surface area contributed by atoms with Gasteiger partial charge in [0.1, 0.15) is 11.5 Å². The predicted octanol–water partition coefficient (Wildman–Crippen LogP) is 2.54. The zero-order valence-electron chi connectivity index (χ0n) is 11.3. The molecule has 3 N–H and O–H groups in total. The van der Waals surface area contributed by atoms with E-state index in [0.717, 1.165) is 0 Å². The van der Waals surface area contributed by atoms with Gasteiger partial charge in [-0.1, -0.05) is 12.1 Å². The topological polar surface area (TPSA) is 73.6 Å². The highest BCUT2D eigenvalue weighted by molar-refractivity contribution is 6.06. The molecule has 0 radical (unpaired) electrons. The maximum absolute atomic E-state index is 12.2. The summed E-state index contributed by atoms with van der Waals surface area (Å²) in [6.07, 6.45) is 0. The van der Waals surface area contributed by atoms with E-state index in [4.69, 9.17) is 15.2 Å². The fourth-order valence-electron chi connectivity index (χ4n) is 1.74. The smallest absolute Gasteiger partial charge is 0.255 e. The standard InChI is InChI=1S/C15H16N2O3/c1-19-11-7-10(8-12(9-11)20-2)15(18)17-14-6-4-3-5-13(14)16/h3-9H,16H2,1-2H3,(H,17,18). The van der Waals surface area contributed by atoms with Crippen LogP contribution in [0.1, 0.15) is 10.4 Å². The van der Waals surface area contributed by atoms with Crippen molar-refractivity contribution in [3.8, 4) is 11.5 Å². The van der Waals surface area contributed by atoms with Gasteiger partial charge in [-0.2, -0.15) is 0 Å². The quantitative estimate of drug-likeness (QED) is 0.839. The van der Waals surface area contributed by atoms with Gasteiger partial charge in [0.25, 0.3) is 5.91 Å². The number of carbonyl (C=O) groups excluding carboxylic acids is 1. The molecule has 2 rings (SSSR count). The molecule has 0 bridgehead atoms. The number of amides is 1. The zero-order chi connectivity index (χ0) is 14.5. The van der Waals surface area contributed by atoms with Crippen molar-refractivity contribution in [2.24, 2.45) is 0 Å². The summed E-state index contributed by atoms with van der Waals surface area (Å²) < 4.78 is 10.3. The van der Waals surface area contributed by atoms with E-state index < -0.39 is 0 Å². The molecule has 0 aliphatic rings. The van der Waals surface area contributed by atoms with Crippen LogP contribution in [0.25, 0.3) is 0 Å². The molecular formula is C15H16N2O3. The van der Waals surface area contributed by atoms with Crippen molar-refractivity contribution in [1.82, 2.24) is 0 Å². The molecule has 0 saturated carbocycles. The fraction of sp³-hybridized carbons (Fsp3) is 0.133. The molecule has 0 spiro atoms. The van der Waals surface area contributed by atoms with E-state index in [-0.39, 0.29) is 5.91 Å². The third kappa shape index (κ3) is 3.00. The molecule has 0 saturated heterocycles. The van der Waals surface area contributed by atoms with E-state index in [0.29, 0.717) is 28.4 Å². The van der Waals surface area contributed by atoms with E-state index in [9.17, 15) is 4.79 Å². The van der Waals surface area contributed by atoms with Crippen molar-refractivity contribution in [1.29, 1.82) is 0 Å². The second-order valence-electron chi connectivity index (χ2n) is 4.14. The van der Waals surface area contributed by atoms with Gasteiger partial charge in [0.05, 0.1) is 25.6 Å². The number of methoxy groups -OCH3 is 2. The number of para-hydroxylation sites is 2. The lowest BCUT2D eigenvalue weighted by Crippen LogP contribution is -2.13. The van der Waals surface area contributed by atoms with Crippen LogP contribution in [0, 0.1) is 0 Å². The van der Waals surface area contributed by atoms with Gasteiger partial charge >= 0.3 is 0 Å². The van der Waals surface area contributed by atoms with Gasteiger partial charge in [-0.25, -0.2) is 0 Å². The number of nitrogens with one attached hydrogen (secondary N) is 1. The highest BCUT2D eigenvalue weighted by atomic mass is 16.5. The highest BCUT2D eigenvalue weighted by Gasteiger charge is 2.11. The lowest BCUT2D eigenvalue weighted by molar-refractivity contribution is 0.102. The van der Waals surface area contributed by atoms with Crippen LogP contribution in [-0.4, -0.2) is 20.1 Å². The third-order valence-electron chi connectivity index (χ3n) is 2.82. The van der Waals surface area contributed by atoms with Gasteiger partial charge in [-0.15, -0.1) is 0 Å². The maximum atomic E-state index is 12.2. The van der Waals surface area contributed by atoms with Crippen molar-refractivity contribution in [2.45, 2.75) is 0 Å². The molecule has 0 aromatic heterocycles. The van der Waals surface area contributed by atoms with Gasteiger partial charge in [0, 0.05) is 11.6 Å². The maximum Gasteiger partial charge on any atom is 0.255 e. The number of nitrogen functional groups attached to an aromatic ring is 1. The Kier molecular flexibility index (Phi) is 4.10. The van der Waals surface area contributed by atoms with E-state index in [1.54, 1.807) is 42.5 Å². The number of carbonyl (C=O) groups is 1. The number of hydrogen-bond donors (Lipinski definition) is 2. The first-order valence-corrected chi connectivity index (χ1v) is 6.03. The summed E-state index contributed by atoms with van der Waals surface area (Å²) in [6, 6.07) is 12.0. The average Bonchev–Trinajstić information content (AvgIpc) is 2.48. The van der Waals surface area contributed by atoms with Crippen LogP contribution in [0.3, 0.4) is 0 Å². The van der Waals surface area contributed by atoms with Crippen molar-refractivity contribution in [3.05, 3.63) is 48.0 Å². The Morgan fingerprint density at radius 3 is 2.20 bits per heavy atom. The van der Waals surface area contributed by atoms with Crippen LogP contribution in [0.2, 0.25) is 0 Å². The molecule has 0 unspecified atom stereocenters. The van der Waals surface area contributed by atoms with Crippen LogP contribution < -0.4 is 20.5 Å². The Morgan fingerprint density at radius 2 is 1.65 bits per heavy atom. The molecule has 2 aromatic carbocycles. The second kappa shape index (κ2) is 5.97. The van der Waals surface area contributed by atoms with E-state index >= 15 is 0 Å². The molecule has 20 heavy (non-hydrogen) atoms. The molecule has 2 aromatic rings. The van der Waals surface area contributed by atoms with Crippen LogP contribution in [0.4, 0.5) is 11.4 Å². The number of ether oxygens (including phenoxy) is 2. The monoisotopic (exact) mass is 272 g/mol. The lowest BCUT2D eigenvalue weighted by atomic mass is 10.1. The van der Waals surface area contributed by atoms with Gasteiger partial charge in [-0.3, -0.25) is 4.79 Å². The zero-order valence-corrected chi connectivity index (χ0v) is 11.3. The predicted molar refractivity (Wildman–Crippen MR) is 78.4 cm³/mol. The van der Waals surface area contributed by atoms with Gasteiger partial charge in [-0.05, 0) is 24.3 Å². The summed E-state index contributed by atoms with van der Waals surface area (Å²) in [5.74, 6) is 0.825. The van der Waals surface area contributed by atoms with Gasteiger partial charge in [0.15, 0.2) is 0 Å². The minimum absolute atomic E-state index is 0.278. The molecule has 0 aliphatic heterocycles. The summed E-state index contributed by atoms with van der Waals surface area (Å²) in [5, 5.41) is 2.75. The summed E-state index contributed by atoms with van der Waals surface area (Å²) >= 11 is 0. The first-order chi connectivity index (χ1) is 9.63. The summed E-state index contributed by atoms with van der Waals surface area (Å²) in [5.41, 5.74) is 7.31. The fourth-order valence-corrected chi connectivity index (χ4v) is 1.74. The van der Waals surface area contributed by atoms with Crippen molar-refractivity contribution < 1.29 is 14.3 Å². The number of benzene rings is 2. The summed E-state index contributed by atoms with van der Waals surface area (Å²) in [4.78, 5) is 12.2. The minimum atomic E-state index is -0.278. The first-order valence-electron chi connectivity index (χ1n) is 6.03. The Balaban J connectivity index is 2.27. The number of rotatable bonds is 4. The molecule has 104 valence electrons. The van der Waals surface area contributed by atoms with Gasteiger partial charge in [0.2, 0.25) is 0 Å². The van der Waals surface area contributed by atoms with Crippen LogP contribution in [0.15, 0.2) is 42.5 Å². The van der Waals surface area contributed by atoms with Crippen molar-refractivity contribution >= 4 is 17.3 Å². The number of hydrogen-bond acceptors (Lipinski definition) is 4. The summed E-state index contributed by atoms with van der Waals surface area (Å²) in [7, 11) is 3.07. The first kappa shape index (κ1) is 13.7. The normalized spacial score (nSPS) is 9.90. The van der Waals surface area contributed by atoms with Crippen LogP contribution in [0.5, 0.6) is 11.5 Å². The van der Waals surface area contributed by atoms with Crippen LogP contribution >= 0.6 is 0 Å². The average molecular weight is 272 g/mol. The molecule has 0 atom stereocenters. The molecule has 0 aliphatic carbocycles. The SMILES string of the molecule is COc1cc(OC)cc(C(=O)Nc2ccccc2N)c1. The van der Waals surface area contributed by atoms with Crippen LogP contribution in [-0.2, 0) is 0 Å². The molecule has 0 fully saturated rings. The molecule has 5 heteroatoms. The highest BCUT2D eigenvalue weighted by Crippen LogP contribution is 2.24. The Hall–Kier alpha value is -2.69. The lowest BCUT2D eigenvalue weighted by Gasteiger charge is -2.10. The molecular weight excluding hydrogens is 256 g/mol. The Morgan fingerprint density at radius 1 is 1.05 bits per heavy atom. The molecule has 5 nitrogen and oxygen atoms in total. The Bertz CT molecular complexity index is 604. The largest absolute Gasteiger partial charge is 0.497 e. The molecule has 1 amide bonds. The number of nitrogens with two attached hydrogens (primary N) is 1. The van der Waals surface area contributed by atoms with E-state index in [1.807, 2.05) is 0 Å². The van der Waals surface area contributed by atoms with Gasteiger partial charge < -0.3 is 20.5 Å². The van der Waals surface area contributed by atoms with Crippen molar-refractivity contribution in [2.75, 3.05) is 25.3 Å².